The maximum absolute atomic E-state index is 5.94. The van der Waals surface area contributed by atoms with E-state index in [2.05, 4.69) is 39.0 Å². The lowest BCUT2D eigenvalue weighted by molar-refractivity contribution is 0.226. The standard InChI is InChI=1S/C13H19N/c1-8-4-5-9(2)11(6-8)12-7-13(14)10(12)3/h4-6,10,12-13H,7,14H2,1-3H3. The first kappa shape index (κ1) is 9.72. The smallest absolute Gasteiger partial charge is 0.00763 e. The van der Waals surface area contributed by atoms with Gasteiger partial charge in [-0.05, 0) is 43.2 Å². The molecule has 0 aliphatic heterocycles. The summed E-state index contributed by atoms with van der Waals surface area (Å²) in [6.07, 6.45) is 1.16. The van der Waals surface area contributed by atoms with E-state index in [-0.39, 0.29) is 0 Å². The monoisotopic (exact) mass is 189 g/mol. The average molecular weight is 189 g/mol. The average Bonchev–Trinajstić information content (AvgIpc) is 2.18. The van der Waals surface area contributed by atoms with Crippen LogP contribution >= 0.6 is 0 Å². The zero-order valence-corrected chi connectivity index (χ0v) is 9.25. The first-order valence-corrected chi connectivity index (χ1v) is 5.42. The van der Waals surface area contributed by atoms with E-state index in [4.69, 9.17) is 5.73 Å². The molecule has 1 nitrogen and oxygen atoms in total. The third kappa shape index (κ3) is 1.46. The highest BCUT2D eigenvalue weighted by molar-refractivity contribution is 5.35. The molecule has 0 heterocycles. The Hall–Kier alpha value is -0.820. The van der Waals surface area contributed by atoms with Crippen molar-refractivity contribution in [1.29, 1.82) is 0 Å². The van der Waals surface area contributed by atoms with Gasteiger partial charge in [0.1, 0.15) is 0 Å². The predicted molar refractivity (Wildman–Crippen MR) is 60.4 cm³/mol. The summed E-state index contributed by atoms with van der Waals surface area (Å²) in [5, 5.41) is 0. The molecule has 1 heteroatoms. The second-order valence-electron chi connectivity index (χ2n) is 4.73. The van der Waals surface area contributed by atoms with Gasteiger partial charge in [-0.2, -0.15) is 0 Å². The van der Waals surface area contributed by atoms with Gasteiger partial charge in [-0.25, -0.2) is 0 Å². The fourth-order valence-corrected chi connectivity index (χ4v) is 2.39. The number of aryl methyl sites for hydroxylation is 2. The van der Waals surface area contributed by atoms with Gasteiger partial charge in [-0.1, -0.05) is 30.7 Å². The highest BCUT2D eigenvalue weighted by atomic mass is 14.7. The minimum atomic E-state index is 0.417. The molecule has 0 amide bonds. The molecular formula is C13H19N. The third-order valence-electron chi connectivity index (χ3n) is 3.67. The van der Waals surface area contributed by atoms with E-state index in [1.54, 1.807) is 0 Å². The summed E-state index contributed by atoms with van der Waals surface area (Å²) in [4.78, 5) is 0. The summed E-state index contributed by atoms with van der Waals surface area (Å²) < 4.78 is 0. The fraction of sp³-hybridized carbons (Fsp3) is 0.538. The lowest BCUT2D eigenvalue weighted by Crippen LogP contribution is -2.44. The van der Waals surface area contributed by atoms with Crippen molar-refractivity contribution in [3.05, 3.63) is 34.9 Å². The van der Waals surface area contributed by atoms with Crippen LogP contribution < -0.4 is 5.73 Å². The predicted octanol–water partition coefficient (Wildman–Crippen LogP) is 2.75. The van der Waals surface area contributed by atoms with Gasteiger partial charge in [0, 0.05) is 6.04 Å². The quantitative estimate of drug-likeness (QED) is 0.722. The van der Waals surface area contributed by atoms with Crippen LogP contribution in [0.1, 0.15) is 36.0 Å². The molecule has 14 heavy (non-hydrogen) atoms. The van der Waals surface area contributed by atoms with E-state index < -0.39 is 0 Å². The van der Waals surface area contributed by atoms with Gasteiger partial charge in [0.15, 0.2) is 0 Å². The zero-order valence-electron chi connectivity index (χ0n) is 9.25. The van der Waals surface area contributed by atoms with Crippen molar-refractivity contribution in [1.82, 2.24) is 0 Å². The minimum absolute atomic E-state index is 0.417. The summed E-state index contributed by atoms with van der Waals surface area (Å²) in [5.41, 5.74) is 10.2. The highest BCUT2D eigenvalue weighted by Gasteiger charge is 2.36. The van der Waals surface area contributed by atoms with Crippen LogP contribution in [0.2, 0.25) is 0 Å². The minimum Gasteiger partial charge on any atom is -0.327 e. The Bertz CT molecular complexity index is 343. The highest BCUT2D eigenvalue weighted by Crippen LogP contribution is 2.42. The Labute approximate surface area is 86.3 Å². The van der Waals surface area contributed by atoms with E-state index in [9.17, 15) is 0 Å². The van der Waals surface area contributed by atoms with Crippen molar-refractivity contribution in [2.24, 2.45) is 11.7 Å². The van der Waals surface area contributed by atoms with Crippen molar-refractivity contribution < 1.29 is 0 Å². The van der Waals surface area contributed by atoms with Gasteiger partial charge in [-0.3, -0.25) is 0 Å². The molecule has 2 N–H and O–H groups in total. The molecule has 2 rings (SSSR count). The number of benzene rings is 1. The van der Waals surface area contributed by atoms with Crippen molar-refractivity contribution in [2.45, 2.75) is 39.2 Å². The Morgan fingerprint density at radius 1 is 1.29 bits per heavy atom. The molecule has 0 bridgehead atoms. The fourth-order valence-electron chi connectivity index (χ4n) is 2.39. The molecule has 1 aromatic rings. The summed E-state index contributed by atoms with van der Waals surface area (Å²) in [6, 6.07) is 7.14. The molecule has 0 spiro atoms. The number of hydrogen-bond acceptors (Lipinski definition) is 1. The van der Waals surface area contributed by atoms with Crippen LogP contribution in [0.15, 0.2) is 18.2 Å². The lowest BCUT2D eigenvalue weighted by Gasteiger charge is -2.41. The summed E-state index contributed by atoms with van der Waals surface area (Å²) in [6.45, 7) is 6.62. The largest absolute Gasteiger partial charge is 0.327 e. The summed E-state index contributed by atoms with van der Waals surface area (Å²) in [7, 11) is 0. The van der Waals surface area contributed by atoms with E-state index in [0.717, 1.165) is 6.42 Å². The first-order chi connectivity index (χ1) is 6.59. The molecule has 3 atom stereocenters. The van der Waals surface area contributed by atoms with Gasteiger partial charge in [0.25, 0.3) is 0 Å². The SMILES string of the molecule is Cc1ccc(C)c(C2CC(N)C2C)c1. The molecule has 0 saturated heterocycles. The van der Waals surface area contributed by atoms with Gasteiger partial charge in [0.2, 0.25) is 0 Å². The van der Waals surface area contributed by atoms with Crippen LogP contribution in [-0.4, -0.2) is 6.04 Å². The zero-order chi connectivity index (χ0) is 10.3. The molecule has 1 aromatic carbocycles. The third-order valence-corrected chi connectivity index (χ3v) is 3.67. The molecular weight excluding hydrogens is 170 g/mol. The van der Waals surface area contributed by atoms with Gasteiger partial charge < -0.3 is 5.73 Å². The van der Waals surface area contributed by atoms with E-state index in [1.165, 1.54) is 16.7 Å². The topological polar surface area (TPSA) is 26.0 Å². The number of nitrogens with two attached hydrogens (primary N) is 1. The maximum Gasteiger partial charge on any atom is 0.00763 e. The molecule has 0 radical (unpaired) electrons. The van der Waals surface area contributed by atoms with Gasteiger partial charge in [0.05, 0.1) is 0 Å². The maximum atomic E-state index is 5.94. The van der Waals surface area contributed by atoms with Gasteiger partial charge >= 0.3 is 0 Å². The normalized spacial score (nSPS) is 31.3. The molecule has 1 aliphatic rings. The Balaban J connectivity index is 2.28. The lowest BCUT2D eigenvalue weighted by atomic mass is 9.66. The Morgan fingerprint density at radius 2 is 2.00 bits per heavy atom. The van der Waals surface area contributed by atoms with Crippen molar-refractivity contribution in [2.75, 3.05) is 0 Å². The van der Waals surface area contributed by atoms with E-state index in [1.807, 2.05) is 0 Å². The molecule has 76 valence electrons. The second-order valence-corrected chi connectivity index (χ2v) is 4.73. The Kier molecular flexibility index (Phi) is 2.36. The van der Waals surface area contributed by atoms with Crippen LogP contribution in [-0.2, 0) is 0 Å². The van der Waals surface area contributed by atoms with E-state index in [0.29, 0.717) is 17.9 Å². The molecule has 0 aromatic heterocycles. The van der Waals surface area contributed by atoms with Crippen molar-refractivity contribution in [3.63, 3.8) is 0 Å². The van der Waals surface area contributed by atoms with Crippen molar-refractivity contribution >= 4 is 0 Å². The van der Waals surface area contributed by atoms with Crippen LogP contribution in [0.4, 0.5) is 0 Å². The van der Waals surface area contributed by atoms with Crippen LogP contribution in [0, 0.1) is 19.8 Å². The Morgan fingerprint density at radius 3 is 2.57 bits per heavy atom. The summed E-state index contributed by atoms with van der Waals surface area (Å²) in [5.74, 6) is 1.35. The van der Waals surface area contributed by atoms with Gasteiger partial charge in [-0.15, -0.1) is 0 Å². The molecule has 1 fully saturated rings. The van der Waals surface area contributed by atoms with E-state index >= 15 is 0 Å². The number of rotatable bonds is 1. The van der Waals surface area contributed by atoms with Crippen LogP contribution in [0.25, 0.3) is 0 Å². The molecule has 3 unspecified atom stereocenters. The molecule has 1 aliphatic carbocycles. The number of hydrogen-bond donors (Lipinski definition) is 1. The molecule has 1 saturated carbocycles. The first-order valence-electron chi connectivity index (χ1n) is 5.42. The van der Waals surface area contributed by atoms with Crippen molar-refractivity contribution in [3.8, 4) is 0 Å². The van der Waals surface area contributed by atoms with Crippen LogP contribution in [0.5, 0.6) is 0 Å². The summed E-state index contributed by atoms with van der Waals surface area (Å²) >= 11 is 0. The second kappa shape index (κ2) is 3.39. The van der Waals surface area contributed by atoms with Crippen LogP contribution in [0.3, 0.4) is 0 Å².